The van der Waals surface area contributed by atoms with Crippen LogP contribution in [0.5, 0.6) is 0 Å². The minimum Gasteiger partial charge on any atom is -0.153 e. The second-order valence-corrected chi connectivity index (χ2v) is 0. The molecular formula is H3Li3P+3. The van der Waals surface area contributed by atoms with Gasteiger partial charge in [0.15, 0.2) is 0 Å². The summed E-state index contributed by atoms with van der Waals surface area (Å²) in [5, 5.41) is 0. The molecule has 0 aliphatic heterocycles. The van der Waals surface area contributed by atoms with E-state index in [0.717, 1.165) is 0 Å². The van der Waals surface area contributed by atoms with E-state index in [1.807, 2.05) is 0 Å². The SMILES string of the molecule is P.[Li+].[Li+].[Li+]. The van der Waals surface area contributed by atoms with Gasteiger partial charge in [-0.1, -0.05) is 0 Å². The van der Waals surface area contributed by atoms with Crippen molar-refractivity contribution in [1.82, 2.24) is 0 Å². The maximum absolute atomic E-state index is 0. The van der Waals surface area contributed by atoms with E-state index < -0.39 is 0 Å². The van der Waals surface area contributed by atoms with Gasteiger partial charge in [0, 0.05) is 0 Å². The van der Waals surface area contributed by atoms with Gasteiger partial charge >= 0.3 is 56.6 Å². The van der Waals surface area contributed by atoms with E-state index >= 15 is 0 Å². The quantitative estimate of drug-likeness (QED) is 0.190. The van der Waals surface area contributed by atoms with Crippen molar-refractivity contribution in [3.8, 4) is 0 Å². The number of rotatable bonds is 0. The molecule has 0 fully saturated rings. The maximum atomic E-state index is 0. The number of hydrogen-bond donors (Lipinski definition) is 0. The van der Waals surface area contributed by atoms with Crippen LogP contribution in [0.4, 0.5) is 0 Å². The topological polar surface area (TPSA) is 0 Å². The van der Waals surface area contributed by atoms with Crippen molar-refractivity contribution in [2.24, 2.45) is 0 Å². The molecule has 0 nitrogen and oxygen atoms in total. The van der Waals surface area contributed by atoms with Crippen LogP contribution in [-0.4, -0.2) is 0 Å². The van der Waals surface area contributed by atoms with Crippen LogP contribution in [0, 0.1) is 0 Å². The van der Waals surface area contributed by atoms with Gasteiger partial charge in [-0.05, 0) is 0 Å². The van der Waals surface area contributed by atoms with Crippen LogP contribution in [0.25, 0.3) is 0 Å². The summed E-state index contributed by atoms with van der Waals surface area (Å²) in [5.74, 6) is 0. The van der Waals surface area contributed by atoms with Crippen molar-refractivity contribution in [3.63, 3.8) is 0 Å². The Morgan fingerprint density at radius 2 is 0.500 bits per heavy atom. The smallest absolute Gasteiger partial charge is 0.153 e. The molecule has 0 saturated heterocycles. The van der Waals surface area contributed by atoms with E-state index in [9.17, 15) is 0 Å². The Morgan fingerprint density at radius 3 is 0.500 bits per heavy atom. The zero-order valence-electron chi connectivity index (χ0n) is 3.71. The Kier molecular flexibility index (Phi) is 162. The summed E-state index contributed by atoms with van der Waals surface area (Å²) in [7, 11) is 0. The summed E-state index contributed by atoms with van der Waals surface area (Å²) in [4.78, 5) is 0. The molecule has 0 amide bonds. The number of hydrogen-bond acceptors (Lipinski definition) is 0. The van der Waals surface area contributed by atoms with Gasteiger partial charge in [0.1, 0.15) is 0 Å². The fourth-order valence-electron chi connectivity index (χ4n) is 0. The van der Waals surface area contributed by atoms with Gasteiger partial charge in [0.05, 0.1) is 0 Å². The van der Waals surface area contributed by atoms with E-state index in [-0.39, 0.29) is 66.5 Å². The van der Waals surface area contributed by atoms with Gasteiger partial charge in [-0.15, -0.1) is 0 Å². The van der Waals surface area contributed by atoms with Crippen molar-refractivity contribution >= 4 is 9.90 Å². The third-order valence-electron chi connectivity index (χ3n) is 0. The summed E-state index contributed by atoms with van der Waals surface area (Å²) in [6.07, 6.45) is 0. The molecule has 4 heteroatoms. The average molecular weight is 54.8 g/mol. The molecule has 0 aromatic rings. The Balaban J connectivity index is 0. The minimum absolute atomic E-state index is 0. The monoisotopic (exact) mass is 55.0 g/mol. The summed E-state index contributed by atoms with van der Waals surface area (Å²) in [6, 6.07) is 0. The first-order chi connectivity index (χ1) is 0. The molecule has 0 aromatic carbocycles. The van der Waals surface area contributed by atoms with Crippen molar-refractivity contribution in [3.05, 3.63) is 0 Å². The predicted molar refractivity (Wildman–Crippen MR) is 11.1 cm³/mol. The molecule has 0 radical (unpaired) electrons. The molecule has 0 spiro atoms. The zero-order valence-corrected chi connectivity index (χ0v) is 5.12. The summed E-state index contributed by atoms with van der Waals surface area (Å²) >= 11 is 0. The van der Waals surface area contributed by atoms with Crippen molar-refractivity contribution < 1.29 is 56.6 Å². The predicted octanol–water partition coefficient (Wildman–Crippen LogP) is -8.93. The summed E-state index contributed by atoms with van der Waals surface area (Å²) < 4.78 is 0. The standard InChI is InChI=1S/3Li.H3P/h;;;1H3/q3*+1;. The fourth-order valence-corrected chi connectivity index (χ4v) is 0. The van der Waals surface area contributed by atoms with Crippen molar-refractivity contribution in [1.29, 1.82) is 0 Å². The van der Waals surface area contributed by atoms with Crippen LogP contribution in [-0.2, 0) is 0 Å². The van der Waals surface area contributed by atoms with E-state index in [0.29, 0.717) is 0 Å². The molecule has 8 valence electrons. The largest absolute Gasteiger partial charge is 1.00 e. The first-order valence-corrected chi connectivity index (χ1v) is 0. The maximum Gasteiger partial charge on any atom is 1.00 e. The minimum atomic E-state index is 0. The van der Waals surface area contributed by atoms with Gasteiger partial charge in [-0.25, -0.2) is 0 Å². The second kappa shape index (κ2) is 18.9. The van der Waals surface area contributed by atoms with Gasteiger partial charge in [-0.2, -0.15) is 9.90 Å². The molecule has 0 rings (SSSR count). The van der Waals surface area contributed by atoms with Gasteiger partial charge in [-0.3, -0.25) is 0 Å². The molecule has 0 aromatic heterocycles. The molecule has 0 heterocycles. The van der Waals surface area contributed by atoms with Gasteiger partial charge in [0.2, 0.25) is 0 Å². The Morgan fingerprint density at radius 1 is 0.500 bits per heavy atom. The Labute approximate surface area is 66.0 Å². The Hall–Kier alpha value is 2.22. The fraction of sp³-hybridized carbons (Fsp3) is 0. The molecular weight excluding hydrogens is 51.8 g/mol. The zero-order chi connectivity index (χ0) is 0. The normalized spacial score (nSPS) is 0. The molecule has 0 N–H and O–H groups in total. The third-order valence-corrected chi connectivity index (χ3v) is 0. The molecule has 0 aliphatic carbocycles. The van der Waals surface area contributed by atoms with E-state index in [1.54, 1.807) is 0 Å². The van der Waals surface area contributed by atoms with Gasteiger partial charge < -0.3 is 0 Å². The first-order valence-electron chi connectivity index (χ1n) is 0. The Bertz CT molecular complexity index is 3.25. The van der Waals surface area contributed by atoms with E-state index in [4.69, 9.17) is 0 Å². The third kappa shape index (κ3) is 8.88. The molecule has 0 aliphatic rings. The molecule has 0 bridgehead atoms. The van der Waals surface area contributed by atoms with Crippen molar-refractivity contribution in [2.45, 2.75) is 0 Å². The molecule has 0 saturated carbocycles. The summed E-state index contributed by atoms with van der Waals surface area (Å²) in [6.45, 7) is 0. The van der Waals surface area contributed by atoms with Crippen LogP contribution in [0.2, 0.25) is 0 Å². The van der Waals surface area contributed by atoms with E-state index in [2.05, 4.69) is 0 Å². The second-order valence-electron chi connectivity index (χ2n) is 0. The van der Waals surface area contributed by atoms with Crippen LogP contribution in [0.1, 0.15) is 0 Å². The molecule has 1 unspecified atom stereocenters. The first kappa shape index (κ1) is 34.4. The molecule has 4 heavy (non-hydrogen) atoms. The summed E-state index contributed by atoms with van der Waals surface area (Å²) in [5.41, 5.74) is 0. The van der Waals surface area contributed by atoms with Gasteiger partial charge in [0.25, 0.3) is 0 Å². The average Bonchev–Trinajstić information content (AvgIpc) is 0. The molecule has 1 atom stereocenters. The van der Waals surface area contributed by atoms with Crippen LogP contribution in [0.3, 0.4) is 0 Å². The van der Waals surface area contributed by atoms with Crippen LogP contribution in [0.15, 0.2) is 0 Å². The van der Waals surface area contributed by atoms with Crippen LogP contribution < -0.4 is 56.6 Å². The van der Waals surface area contributed by atoms with Crippen molar-refractivity contribution in [2.75, 3.05) is 0 Å². The van der Waals surface area contributed by atoms with E-state index in [1.165, 1.54) is 0 Å². The van der Waals surface area contributed by atoms with Crippen LogP contribution >= 0.6 is 9.90 Å².